The first-order valence-electron chi connectivity index (χ1n) is 10.4. The van der Waals surface area contributed by atoms with Gasteiger partial charge in [-0.1, -0.05) is 32.0 Å². The molecular weight excluding hydrogens is 380 g/mol. The molecule has 0 radical (unpaired) electrons. The average Bonchev–Trinajstić information content (AvgIpc) is 3.05. The fraction of sp³-hybridized carbons (Fsp3) is 0.435. The minimum atomic E-state index is -0.777. The number of imidazole rings is 1. The molecule has 2 N–H and O–H groups in total. The number of aliphatic hydroxyl groups is 1. The van der Waals surface area contributed by atoms with Crippen LogP contribution < -0.4 is 15.1 Å². The van der Waals surface area contributed by atoms with Crippen LogP contribution in [0, 0.1) is 5.41 Å². The van der Waals surface area contributed by atoms with Crippen LogP contribution in [0.25, 0.3) is 11.0 Å². The highest BCUT2D eigenvalue weighted by Crippen LogP contribution is 2.30. The lowest BCUT2D eigenvalue weighted by Gasteiger charge is -2.18. The molecule has 0 amide bonds. The van der Waals surface area contributed by atoms with Crippen molar-refractivity contribution >= 4 is 11.0 Å². The predicted octanol–water partition coefficient (Wildman–Crippen LogP) is 3.01. The number of hydrogen-bond donors (Lipinski definition) is 2. The third-order valence-corrected chi connectivity index (χ3v) is 5.66. The number of nitrogens with one attached hydrogen (secondary N) is 1. The van der Waals surface area contributed by atoms with Crippen LogP contribution in [0.1, 0.15) is 25.5 Å². The molecule has 2 aromatic carbocycles. The van der Waals surface area contributed by atoms with Gasteiger partial charge >= 0.3 is 0 Å². The number of aliphatic hydroxyl groups excluding tert-OH is 1. The minimum absolute atomic E-state index is 0.285. The van der Waals surface area contributed by atoms with E-state index in [4.69, 9.17) is 14.9 Å². The maximum Gasteiger partial charge on any atom is 0.203 e. The minimum Gasteiger partial charge on any atom is -0.493 e. The van der Waals surface area contributed by atoms with Crippen LogP contribution in [0.5, 0.6) is 11.5 Å². The van der Waals surface area contributed by atoms with Crippen LogP contribution in [0.2, 0.25) is 0 Å². The van der Waals surface area contributed by atoms with Crippen molar-refractivity contribution in [1.82, 2.24) is 14.0 Å². The highest BCUT2D eigenvalue weighted by molar-refractivity contribution is 5.75. The second-order valence-corrected chi connectivity index (χ2v) is 7.23. The highest BCUT2D eigenvalue weighted by atomic mass is 16.5. The van der Waals surface area contributed by atoms with Crippen LogP contribution in [0.3, 0.4) is 0 Å². The number of ether oxygens (including phenoxy) is 2. The molecule has 7 heteroatoms. The van der Waals surface area contributed by atoms with Crippen molar-refractivity contribution in [3.63, 3.8) is 0 Å². The topological polar surface area (TPSA) is 75.6 Å². The fourth-order valence-corrected chi connectivity index (χ4v) is 3.83. The Kier molecular flexibility index (Phi) is 7.18. The fourth-order valence-electron chi connectivity index (χ4n) is 3.83. The second kappa shape index (κ2) is 9.82. The summed E-state index contributed by atoms with van der Waals surface area (Å²) in [6, 6.07) is 13.4. The Morgan fingerprint density at radius 1 is 0.967 bits per heavy atom. The van der Waals surface area contributed by atoms with E-state index in [1.165, 1.54) is 0 Å². The Morgan fingerprint density at radius 2 is 1.60 bits per heavy atom. The SMILES string of the molecule is CCN(CC)CCn1c(=N)n(CC(O)c2ccc(OC)c(OC)c2)c2ccccc21. The number of aromatic nitrogens is 2. The largest absolute Gasteiger partial charge is 0.493 e. The standard InChI is InChI=1S/C23H32N4O3/c1-5-25(6-2)13-14-26-18-9-7-8-10-19(18)27(23(26)24)16-20(28)17-11-12-21(29-3)22(15-17)30-4/h7-12,15,20,24,28H,5-6,13-14,16H2,1-4H3. The van der Waals surface area contributed by atoms with Gasteiger partial charge in [0.1, 0.15) is 0 Å². The maximum atomic E-state index is 10.9. The molecule has 3 rings (SSSR count). The summed E-state index contributed by atoms with van der Waals surface area (Å²) >= 11 is 0. The molecule has 0 saturated heterocycles. The number of benzene rings is 2. The number of para-hydroxylation sites is 2. The summed E-state index contributed by atoms with van der Waals surface area (Å²) in [7, 11) is 3.16. The number of rotatable bonds is 10. The van der Waals surface area contributed by atoms with E-state index in [9.17, 15) is 5.11 Å². The molecule has 1 unspecified atom stereocenters. The van der Waals surface area contributed by atoms with Gasteiger partial charge < -0.3 is 28.6 Å². The van der Waals surface area contributed by atoms with Gasteiger partial charge in [0.05, 0.1) is 37.9 Å². The first-order valence-corrected chi connectivity index (χ1v) is 10.4. The van der Waals surface area contributed by atoms with E-state index < -0.39 is 6.10 Å². The van der Waals surface area contributed by atoms with E-state index in [-0.39, 0.29) is 6.54 Å². The van der Waals surface area contributed by atoms with Crippen molar-refractivity contribution in [1.29, 1.82) is 5.41 Å². The summed E-state index contributed by atoms with van der Waals surface area (Å²) in [5, 5.41) is 19.7. The quantitative estimate of drug-likeness (QED) is 0.537. The number of nitrogens with zero attached hydrogens (tertiary/aromatic N) is 3. The van der Waals surface area contributed by atoms with Crippen LogP contribution in [0.4, 0.5) is 0 Å². The highest BCUT2D eigenvalue weighted by Gasteiger charge is 2.17. The molecule has 0 spiro atoms. The van der Waals surface area contributed by atoms with Crippen LogP contribution in [-0.4, -0.2) is 53.0 Å². The van der Waals surface area contributed by atoms with Gasteiger partial charge in [0, 0.05) is 13.1 Å². The summed E-state index contributed by atoms with van der Waals surface area (Å²) < 4.78 is 14.5. The molecule has 0 aliphatic carbocycles. The molecule has 0 aliphatic heterocycles. The van der Waals surface area contributed by atoms with E-state index in [1.807, 2.05) is 39.5 Å². The van der Waals surface area contributed by atoms with Crippen molar-refractivity contribution in [2.75, 3.05) is 33.9 Å². The van der Waals surface area contributed by atoms with Crippen molar-refractivity contribution in [2.24, 2.45) is 0 Å². The third kappa shape index (κ3) is 4.37. The molecule has 30 heavy (non-hydrogen) atoms. The zero-order valence-corrected chi connectivity index (χ0v) is 18.3. The van der Waals surface area contributed by atoms with Gasteiger partial charge in [-0.25, -0.2) is 0 Å². The van der Waals surface area contributed by atoms with E-state index in [0.29, 0.717) is 17.1 Å². The first kappa shape index (κ1) is 21.9. The normalized spacial score (nSPS) is 12.5. The van der Waals surface area contributed by atoms with Crippen molar-refractivity contribution < 1.29 is 14.6 Å². The summed E-state index contributed by atoms with van der Waals surface area (Å²) in [5.41, 5.74) is 3.07. The smallest absolute Gasteiger partial charge is 0.203 e. The third-order valence-electron chi connectivity index (χ3n) is 5.66. The average molecular weight is 413 g/mol. The predicted molar refractivity (Wildman–Crippen MR) is 118 cm³/mol. The molecule has 0 aliphatic rings. The van der Waals surface area contributed by atoms with Crippen LogP contribution in [0.15, 0.2) is 42.5 Å². The molecule has 3 aromatic rings. The Morgan fingerprint density at radius 3 is 2.20 bits per heavy atom. The van der Waals surface area contributed by atoms with Gasteiger partial charge in [0.25, 0.3) is 0 Å². The van der Waals surface area contributed by atoms with E-state index >= 15 is 0 Å². The first-order chi connectivity index (χ1) is 14.5. The second-order valence-electron chi connectivity index (χ2n) is 7.23. The van der Waals surface area contributed by atoms with E-state index in [1.54, 1.807) is 26.4 Å². The van der Waals surface area contributed by atoms with E-state index in [2.05, 4.69) is 18.7 Å². The van der Waals surface area contributed by atoms with Gasteiger partial charge in [-0.2, -0.15) is 0 Å². The van der Waals surface area contributed by atoms with Crippen LogP contribution >= 0.6 is 0 Å². The monoisotopic (exact) mass is 412 g/mol. The maximum absolute atomic E-state index is 10.9. The lowest BCUT2D eigenvalue weighted by molar-refractivity contribution is 0.155. The van der Waals surface area contributed by atoms with Crippen LogP contribution in [-0.2, 0) is 13.1 Å². The zero-order valence-electron chi connectivity index (χ0n) is 18.3. The lowest BCUT2D eigenvalue weighted by Crippen LogP contribution is -2.32. The van der Waals surface area contributed by atoms with Crippen molar-refractivity contribution in [3.8, 4) is 11.5 Å². The van der Waals surface area contributed by atoms with Gasteiger partial charge in [0.15, 0.2) is 11.5 Å². The summed E-state index contributed by atoms with van der Waals surface area (Å²) in [6.07, 6.45) is -0.777. The Hall–Kier alpha value is -2.77. The Labute approximate surface area is 177 Å². The number of fused-ring (bicyclic) bond motifs is 1. The zero-order chi connectivity index (χ0) is 21.7. The number of likely N-dealkylation sites (N-methyl/N-ethyl adjacent to an activating group) is 1. The van der Waals surface area contributed by atoms with E-state index in [0.717, 1.165) is 42.8 Å². The van der Waals surface area contributed by atoms with Gasteiger partial charge in [-0.15, -0.1) is 0 Å². The van der Waals surface area contributed by atoms with Gasteiger partial charge in [0.2, 0.25) is 5.62 Å². The molecule has 0 bridgehead atoms. The molecule has 1 atom stereocenters. The Bertz CT molecular complexity index is 1040. The number of methoxy groups -OCH3 is 2. The lowest BCUT2D eigenvalue weighted by atomic mass is 10.1. The molecule has 1 aromatic heterocycles. The molecule has 0 saturated carbocycles. The van der Waals surface area contributed by atoms with Gasteiger partial charge in [-0.05, 0) is 42.9 Å². The summed E-state index contributed by atoms with van der Waals surface area (Å²) in [6.45, 7) is 8.18. The summed E-state index contributed by atoms with van der Waals surface area (Å²) in [4.78, 5) is 2.34. The number of hydrogen-bond acceptors (Lipinski definition) is 5. The molecule has 7 nitrogen and oxygen atoms in total. The van der Waals surface area contributed by atoms with Crippen molar-refractivity contribution in [2.45, 2.75) is 33.0 Å². The molecule has 0 fully saturated rings. The van der Waals surface area contributed by atoms with Gasteiger partial charge in [-0.3, -0.25) is 5.41 Å². The molecule has 162 valence electrons. The summed E-state index contributed by atoms with van der Waals surface area (Å²) in [5.74, 6) is 1.20. The molecule has 1 heterocycles. The molecular formula is C23H32N4O3. The Balaban J connectivity index is 1.92. The van der Waals surface area contributed by atoms with Crippen molar-refractivity contribution in [3.05, 3.63) is 53.6 Å².